The lowest BCUT2D eigenvalue weighted by Crippen LogP contribution is -2.45. The van der Waals surface area contributed by atoms with Gasteiger partial charge in [0, 0.05) is 75.9 Å². The number of aromatic nitrogens is 4. The SMILES string of the molecule is CNC(=O)C(CCC=O)c1ccc2c(c1)CCN(C(=O)CN1CCC(n3cc4cc(NC(=O)/C(=C/N)c5ncccn5)c(OCC5CC5)cc4n3)CC1)C2. The quantitative estimate of drug-likeness (QED) is 0.128. The van der Waals surface area contributed by atoms with E-state index in [1.165, 1.54) is 6.20 Å². The summed E-state index contributed by atoms with van der Waals surface area (Å²) in [7, 11) is 1.61. The molecule has 0 spiro atoms. The minimum absolute atomic E-state index is 0.0954. The number of likely N-dealkylation sites (N-methyl/N-ethyl adjacent to an activating group) is 1. The lowest BCUT2D eigenvalue weighted by atomic mass is 9.89. The second-order valence-corrected chi connectivity index (χ2v) is 14.4. The van der Waals surface area contributed by atoms with Crippen LogP contribution in [0.2, 0.25) is 0 Å². The highest BCUT2D eigenvalue weighted by molar-refractivity contribution is 6.24. The Balaban J connectivity index is 0.967. The molecular weight excluding hydrogens is 686 g/mol. The van der Waals surface area contributed by atoms with Crippen LogP contribution in [-0.2, 0) is 32.1 Å². The molecule has 7 rings (SSSR count). The number of carbonyl (C=O) groups is 4. The van der Waals surface area contributed by atoms with Gasteiger partial charge in [-0.1, -0.05) is 18.2 Å². The molecule has 54 heavy (non-hydrogen) atoms. The van der Waals surface area contributed by atoms with E-state index in [-0.39, 0.29) is 35.2 Å². The molecule has 0 radical (unpaired) electrons. The van der Waals surface area contributed by atoms with E-state index in [4.69, 9.17) is 15.6 Å². The van der Waals surface area contributed by atoms with E-state index in [0.29, 0.717) is 56.4 Å². The maximum atomic E-state index is 13.5. The number of fused-ring (bicyclic) bond motifs is 2. The summed E-state index contributed by atoms with van der Waals surface area (Å²) in [6, 6.07) is 11.7. The Morgan fingerprint density at radius 1 is 1.04 bits per heavy atom. The number of amides is 3. The molecule has 1 saturated carbocycles. The van der Waals surface area contributed by atoms with Crippen LogP contribution in [0.25, 0.3) is 16.5 Å². The van der Waals surface area contributed by atoms with Crippen molar-refractivity contribution in [3.63, 3.8) is 0 Å². The minimum atomic E-state index is -0.435. The highest BCUT2D eigenvalue weighted by Gasteiger charge is 2.29. The normalized spacial score (nSPS) is 17.1. The molecule has 2 aromatic heterocycles. The fourth-order valence-electron chi connectivity index (χ4n) is 7.34. The van der Waals surface area contributed by atoms with Crippen molar-refractivity contribution in [2.75, 3.05) is 45.2 Å². The molecule has 2 aliphatic heterocycles. The summed E-state index contributed by atoms with van der Waals surface area (Å²) >= 11 is 0. The predicted molar refractivity (Wildman–Crippen MR) is 203 cm³/mol. The van der Waals surface area contributed by atoms with Gasteiger partial charge in [-0.05, 0) is 73.3 Å². The maximum Gasteiger partial charge on any atom is 0.261 e. The molecule has 4 N–H and O–H groups in total. The van der Waals surface area contributed by atoms with Crippen molar-refractivity contribution in [2.24, 2.45) is 11.7 Å². The Morgan fingerprint density at radius 2 is 1.83 bits per heavy atom. The summed E-state index contributed by atoms with van der Waals surface area (Å²) in [6.07, 6.45) is 12.7. The Hall–Kier alpha value is -5.63. The average molecular weight is 734 g/mol. The second kappa shape index (κ2) is 16.6. The number of ether oxygens (including phenoxy) is 1. The zero-order valence-electron chi connectivity index (χ0n) is 30.6. The van der Waals surface area contributed by atoms with Gasteiger partial charge in [0.2, 0.25) is 11.8 Å². The van der Waals surface area contributed by atoms with Gasteiger partial charge in [-0.15, -0.1) is 0 Å². The number of piperidine rings is 1. The van der Waals surface area contributed by atoms with Crippen molar-refractivity contribution in [3.05, 3.63) is 83.7 Å². The Labute approximate surface area is 314 Å². The van der Waals surface area contributed by atoms with E-state index >= 15 is 0 Å². The second-order valence-electron chi connectivity index (χ2n) is 14.4. The molecular formula is C40H47N9O5. The summed E-state index contributed by atoms with van der Waals surface area (Å²) in [5.41, 5.74) is 10.4. The largest absolute Gasteiger partial charge is 0.491 e. The zero-order chi connectivity index (χ0) is 37.6. The molecule has 282 valence electrons. The number of benzene rings is 2. The number of hydrogen-bond acceptors (Lipinski definition) is 10. The van der Waals surface area contributed by atoms with Crippen LogP contribution in [0.1, 0.15) is 73.0 Å². The first-order valence-corrected chi connectivity index (χ1v) is 18.8. The van der Waals surface area contributed by atoms with Crippen LogP contribution in [0, 0.1) is 5.92 Å². The molecule has 14 heteroatoms. The highest BCUT2D eigenvalue weighted by Crippen LogP contribution is 2.36. The average Bonchev–Trinajstić information content (AvgIpc) is 3.94. The first-order chi connectivity index (χ1) is 26.3. The van der Waals surface area contributed by atoms with Crippen LogP contribution in [0.3, 0.4) is 0 Å². The first kappa shape index (κ1) is 36.7. The number of nitrogens with zero attached hydrogens (tertiary/aromatic N) is 6. The summed E-state index contributed by atoms with van der Waals surface area (Å²) in [5, 5.41) is 11.5. The molecule has 1 aliphatic carbocycles. The van der Waals surface area contributed by atoms with Gasteiger partial charge in [-0.25, -0.2) is 9.97 Å². The third-order valence-electron chi connectivity index (χ3n) is 10.7. The third kappa shape index (κ3) is 8.44. The summed E-state index contributed by atoms with van der Waals surface area (Å²) in [6.45, 7) is 3.65. The van der Waals surface area contributed by atoms with Gasteiger partial charge < -0.3 is 30.8 Å². The fraction of sp³-hybridized carbons (Fsp3) is 0.425. The number of hydrogen-bond donors (Lipinski definition) is 3. The molecule has 14 nitrogen and oxygen atoms in total. The predicted octanol–water partition coefficient (Wildman–Crippen LogP) is 3.58. The Kier molecular flexibility index (Phi) is 11.3. The number of nitrogens with one attached hydrogen (secondary N) is 2. The van der Waals surface area contributed by atoms with Gasteiger partial charge in [0.05, 0.1) is 41.9 Å². The van der Waals surface area contributed by atoms with Crippen molar-refractivity contribution >= 4 is 46.2 Å². The molecule has 4 heterocycles. The number of nitrogens with two attached hydrogens (primary N) is 1. The number of rotatable bonds is 14. The molecule has 0 bridgehead atoms. The smallest absolute Gasteiger partial charge is 0.261 e. The van der Waals surface area contributed by atoms with Crippen molar-refractivity contribution in [1.82, 2.24) is 34.9 Å². The highest BCUT2D eigenvalue weighted by atomic mass is 16.5. The van der Waals surface area contributed by atoms with Crippen LogP contribution in [0.4, 0.5) is 5.69 Å². The molecule has 1 unspecified atom stereocenters. The van der Waals surface area contributed by atoms with E-state index in [0.717, 1.165) is 79.1 Å². The topological polar surface area (TPSA) is 178 Å². The van der Waals surface area contributed by atoms with Crippen LogP contribution < -0.4 is 21.1 Å². The van der Waals surface area contributed by atoms with Crippen LogP contribution in [0.5, 0.6) is 5.75 Å². The van der Waals surface area contributed by atoms with E-state index < -0.39 is 5.91 Å². The third-order valence-corrected chi connectivity index (χ3v) is 10.7. The standard InChI is InChI=1S/C40H47N9O5/c1-42-39(52)32(4-2-17-50)28-7-8-29-22-48(16-9-27(29)18-28)37(51)24-47-14-10-31(11-15-47)49-23-30-19-35(36(20-34(30)46-49)54-25-26-5-6-26)45-40(53)33(21-41)38-43-12-3-13-44-38/h3,7-8,12-13,17-21,23,26,31-32H,2,4-6,9-11,14-16,22,24-25,41H2,1H3,(H,42,52)(H,45,53)/b33-21+. The number of aldehydes is 1. The minimum Gasteiger partial charge on any atom is -0.491 e. The molecule has 1 atom stereocenters. The van der Waals surface area contributed by atoms with E-state index in [1.54, 1.807) is 25.5 Å². The van der Waals surface area contributed by atoms with E-state index in [1.807, 2.05) is 40.0 Å². The summed E-state index contributed by atoms with van der Waals surface area (Å²) < 4.78 is 8.20. The van der Waals surface area contributed by atoms with Crippen LogP contribution in [-0.4, -0.2) is 93.4 Å². The maximum absolute atomic E-state index is 13.5. The fourth-order valence-corrected chi connectivity index (χ4v) is 7.34. The van der Waals surface area contributed by atoms with Crippen LogP contribution in [0.15, 0.2) is 61.2 Å². The van der Waals surface area contributed by atoms with E-state index in [2.05, 4.69) is 31.6 Å². The first-order valence-electron chi connectivity index (χ1n) is 18.8. The summed E-state index contributed by atoms with van der Waals surface area (Å²) in [5.74, 6) is 0.516. The molecule has 2 fully saturated rings. The molecule has 4 aromatic rings. The van der Waals surface area contributed by atoms with Gasteiger partial charge in [0.25, 0.3) is 5.91 Å². The van der Waals surface area contributed by atoms with Gasteiger partial charge in [0.1, 0.15) is 12.0 Å². The lowest BCUT2D eigenvalue weighted by molar-refractivity contribution is -0.133. The molecule has 3 amide bonds. The number of anilines is 1. The van der Waals surface area contributed by atoms with E-state index in [9.17, 15) is 19.2 Å². The van der Waals surface area contributed by atoms with Crippen molar-refractivity contribution in [3.8, 4) is 5.75 Å². The molecule has 1 saturated heterocycles. The Bertz CT molecular complexity index is 2040. The van der Waals surface area contributed by atoms with Crippen molar-refractivity contribution in [2.45, 2.75) is 63.5 Å². The van der Waals surface area contributed by atoms with Gasteiger partial charge in [0.15, 0.2) is 5.82 Å². The Morgan fingerprint density at radius 3 is 2.56 bits per heavy atom. The van der Waals surface area contributed by atoms with Crippen LogP contribution >= 0.6 is 0 Å². The monoisotopic (exact) mass is 733 g/mol. The van der Waals surface area contributed by atoms with Gasteiger partial charge in [-0.3, -0.25) is 24.0 Å². The van der Waals surface area contributed by atoms with Gasteiger partial charge in [-0.2, -0.15) is 5.10 Å². The van der Waals surface area contributed by atoms with Crippen molar-refractivity contribution in [1.29, 1.82) is 0 Å². The molecule has 3 aliphatic rings. The zero-order valence-corrected chi connectivity index (χ0v) is 30.6. The number of likely N-dealkylation sites (tertiary alicyclic amines) is 1. The van der Waals surface area contributed by atoms with Gasteiger partial charge >= 0.3 is 0 Å². The van der Waals surface area contributed by atoms with Crippen molar-refractivity contribution < 1.29 is 23.9 Å². The number of carbonyl (C=O) groups excluding carboxylic acids is 4. The lowest BCUT2D eigenvalue weighted by Gasteiger charge is -2.35. The summed E-state index contributed by atoms with van der Waals surface area (Å²) in [4.78, 5) is 62.8. The molecule has 2 aromatic carbocycles.